The fraction of sp³-hybridized carbons (Fsp3) is 0.571. The van der Waals surface area contributed by atoms with Crippen molar-refractivity contribution in [2.45, 2.75) is 53.4 Å². The van der Waals surface area contributed by atoms with Crippen molar-refractivity contribution < 1.29 is 0 Å². The Kier molecular flexibility index (Phi) is 4.19. The van der Waals surface area contributed by atoms with Gasteiger partial charge in [-0.2, -0.15) is 0 Å². The summed E-state index contributed by atoms with van der Waals surface area (Å²) in [5.74, 6) is 0. The summed E-state index contributed by atoms with van der Waals surface area (Å²) in [6, 6.07) is 4.53. The Labute approximate surface area is 88.4 Å². The molecule has 0 heteroatoms. The largest absolute Gasteiger partial charge is 0.0683 e. The van der Waals surface area contributed by atoms with Gasteiger partial charge in [0.2, 0.25) is 0 Å². The molecule has 0 bridgehead atoms. The Morgan fingerprint density at radius 2 is 1.14 bits per heavy atom. The van der Waals surface area contributed by atoms with E-state index in [1.165, 1.54) is 36.8 Å². The zero-order valence-electron chi connectivity index (χ0n) is 9.98. The Morgan fingerprint density at radius 3 is 1.50 bits per heavy atom. The maximum absolute atomic E-state index is 2.26. The number of aryl methyl sites for hydroxylation is 2. The summed E-state index contributed by atoms with van der Waals surface area (Å²) in [7, 11) is 0. The van der Waals surface area contributed by atoms with E-state index in [-0.39, 0.29) is 0 Å². The Hall–Kier alpha value is -0.780. The second kappa shape index (κ2) is 5.19. The summed E-state index contributed by atoms with van der Waals surface area (Å²) >= 11 is 0. The molecule has 0 aliphatic heterocycles. The first kappa shape index (κ1) is 11.3. The molecule has 2 rings (SSSR count). The van der Waals surface area contributed by atoms with Crippen LogP contribution >= 0.6 is 0 Å². The molecule has 0 fully saturated rings. The van der Waals surface area contributed by atoms with Crippen LogP contribution in [0.5, 0.6) is 0 Å². The maximum atomic E-state index is 2.26. The van der Waals surface area contributed by atoms with Gasteiger partial charge in [-0.25, -0.2) is 0 Å². The third-order valence-corrected chi connectivity index (χ3v) is 3.00. The molecule has 0 aromatic heterocycles. The molecule has 1 aliphatic rings. The van der Waals surface area contributed by atoms with Crippen LogP contribution in [0, 0.1) is 13.8 Å². The predicted molar refractivity (Wildman–Crippen MR) is 63.9 cm³/mol. The first-order chi connectivity index (χ1) is 6.79. The van der Waals surface area contributed by atoms with Gasteiger partial charge >= 0.3 is 0 Å². The molecular weight excluding hydrogens is 168 g/mol. The highest BCUT2D eigenvalue weighted by molar-refractivity contribution is 5.41. The van der Waals surface area contributed by atoms with Crippen molar-refractivity contribution in [3.8, 4) is 0 Å². The van der Waals surface area contributed by atoms with Crippen LogP contribution < -0.4 is 0 Å². The molecule has 14 heavy (non-hydrogen) atoms. The van der Waals surface area contributed by atoms with Gasteiger partial charge in [-0.3, -0.25) is 0 Å². The minimum absolute atomic E-state index is 1.31. The molecule has 78 valence electrons. The lowest BCUT2D eigenvalue weighted by Gasteiger charge is -2.19. The standard InChI is InChI=1S/C12H16.C2H6/c1-9-7-8-10(2)12-6-4-3-5-11(9)12;1-2/h7-8H,3-6H2,1-2H3;1-2H3. The molecule has 0 amide bonds. The van der Waals surface area contributed by atoms with Gasteiger partial charge in [0.15, 0.2) is 0 Å². The molecule has 1 aromatic carbocycles. The summed E-state index contributed by atoms with van der Waals surface area (Å²) in [6.07, 6.45) is 5.39. The van der Waals surface area contributed by atoms with Crippen LogP contribution in [0.4, 0.5) is 0 Å². The summed E-state index contributed by atoms with van der Waals surface area (Å²) in [4.78, 5) is 0. The van der Waals surface area contributed by atoms with E-state index in [0.29, 0.717) is 0 Å². The van der Waals surface area contributed by atoms with Crippen molar-refractivity contribution in [2.24, 2.45) is 0 Å². The third-order valence-electron chi connectivity index (χ3n) is 3.00. The van der Waals surface area contributed by atoms with E-state index in [2.05, 4.69) is 26.0 Å². The summed E-state index contributed by atoms with van der Waals surface area (Å²) in [6.45, 7) is 8.48. The van der Waals surface area contributed by atoms with E-state index >= 15 is 0 Å². The molecule has 0 heterocycles. The zero-order valence-corrected chi connectivity index (χ0v) is 9.98. The van der Waals surface area contributed by atoms with Gasteiger partial charge < -0.3 is 0 Å². The van der Waals surface area contributed by atoms with Gasteiger partial charge in [0.25, 0.3) is 0 Å². The van der Waals surface area contributed by atoms with Crippen molar-refractivity contribution in [1.29, 1.82) is 0 Å². The highest BCUT2D eigenvalue weighted by atomic mass is 14.2. The van der Waals surface area contributed by atoms with Crippen molar-refractivity contribution in [1.82, 2.24) is 0 Å². The van der Waals surface area contributed by atoms with Gasteiger partial charge in [0, 0.05) is 0 Å². The van der Waals surface area contributed by atoms with E-state index in [0.717, 1.165) is 0 Å². The molecule has 0 N–H and O–H groups in total. The summed E-state index contributed by atoms with van der Waals surface area (Å²) < 4.78 is 0. The number of hydrogen-bond acceptors (Lipinski definition) is 0. The second-order valence-electron chi connectivity index (χ2n) is 3.86. The maximum Gasteiger partial charge on any atom is -0.0273 e. The average Bonchev–Trinajstić information content (AvgIpc) is 2.27. The van der Waals surface area contributed by atoms with Crippen LogP contribution in [0.25, 0.3) is 0 Å². The zero-order chi connectivity index (χ0) is 10.6. The van der Waals surface area contributed by atoms with Crippen LogP contribution in [0.3, 0.4) is 0 Å². The van der Waals surface area contributed by atoms with Crippen LogP contribution in [0.15, 0.2) is 12.1 Å². The smallest absolute Gasteiger partial charge is 0.0273 e. The molecule has 0 radical (unpaired) electrons. The number of hydrogen-bond donors (Lipinski definition) is 0. The monoisotopic (exact) mass is 190 g/mol. The fourth-order valence-corrected chi connectivity index (χ4v) is 2.23. The molecule has 0 atom stereocenters. The Balaban J connectivity index is 0.000000461. The number of fused-ring (bicyclic) bond motifs is 1. The number of benzene rings is 1. The predicted octanol–water partition coefficient (Wildman–Crippen LogP) is 4.21. The van der Waals surface area contributed by atoms with Crippen molar-refractivity contribution in [3.05, 3.63) is 34.4 Å². The highest BCUT2D eigenvalue weighted by Crippen LogP contribution is 2.26. The minimum atomic E-state index is 1.31. The topological polar surface area (TPSA) is 0 Å². The third kappa shape index (κ3) is 2.17. The second-order valence-corrected chi connectivity index (χ2v) is 3.86. The highest BCUT2D eigenvalue weighted by Gasteiger charge is 2.12. The number of rotatable bonds is 0. The molecule has 0 unspecified atom stereocenters. The quantitative estimate of drug-likeness (QED) is 0.575. The van der Waals surface area contributed by atoms with E-state index in [4.69, 9.17) is 0 Å². The molecule has 0 spiro atoms. The van der Waals surface area contributed by atoms with Gasteiger partial charge in [-0.15, -0.1) is 0 Å². The van der Waals surface area contributed by atoms with Gasteiger partial charge in [0.05, 0.1) is 0 Å². The summed E-state index contributed by atoms with van der Waals surface area (Å²) in [5, 5.41) is 0. The van der Waals surface area contributed by atoms with Crippen molar-refractivity contribution >= 4 is 0 Å². The molecular formula is C14H22. The molecule has 0 nitrogen and oxygen atoms in total. The van der Waals surface area contributed by atoms with E-state index in [9.17, 15) is 0 Å². The Morgan fingerprint density at radius 1 is 0.786 bits per heavy atom. The fourth-order valence-electron chi connectivity index (χ4n) is 2.23. The van der Waals surface area contributed by atoms with E-state index < -0.39 is 0 Å². The average molecular weight is 190 g/mol. The van der Waals surface area contributed by atoms with E-state index in [1.54, 1.807) is 11.1 Å². The minimum Gasteiger partial charge on any atom is -0.0683 e. The molecule has 0 saturated carbocycles. The molecule has 1 aliphatic carbocycles. The van der Waals surface area contributed by atoms with Crippen LogP contribution in [-0.4, -0.2) is 0 Å². The van der Waals surface area contributed by atoms with Crippen LogP contribution in [0.2, 0.25) is 0 Å². The van der Waals surface area contributed by atoms with Gasteiger partial charge in [-0.05, 0) is 61.8 Å². The van der Waals surface area contributed by atoms with Crippen LogP contribution in [-0.2, 0) is 12.8 Å². The molecule has 0 saturated heterocycles. The lowest BCUT2D eigenvalue weighted by molar-refractivity contribution is 0.678. The van der Waals surface area contributed by atoms with Gasteiger partial charge in [0.1, 0.15) is 0 Å². The van der Waals surface area contributed by atoms with Crippen LogP contribution in [0.1, 0.15) is 48.9 Å². The SMILES string of the molecule is CC.Cc1ccc(C)c2c1CCCC2. The van der Waals surface area contributed by atoms with Crippen molar-refractivity contribution in [2.75, 3.05) is 0 Å². The first-order valence-corrected chi connectivity index (χ1v) is 5.87. The normalized spacial score (nSPS) is 14.0. The lowest BCUT2D eigenvalue weighted by Crippen LogP contribution is -2.06. The van der Waals surface area contributed by atoms with Gasteiger partial charge in [-0.1, -0.05) is 26.0 Å². The lowest BCUT2D eigenvalue weighted by atomic mass is 9.86. The summed E-state index contributed by atoms with van der Waals surface area (Å²) in [5.41, 5.74) is 6.27. The molecule has 1 aromatic rings. The Bertz CT molecular complexity index is 266. The van der Waals surface area contributed by atoms with Crippen molar-refractivity contribution in [3.63, 3.8) is 0 Å². The first-order valence-electron chi connectivity index (χ1n) is 5.87. The van der Waals surface area contributed by atoms with E-state index in [1.807, 2.05) is 13.8 Å².